The van der Waals surface area contributed by atoms with Gasteiger partial charge in [-0.2, -0.15) is 0 Å². The van der Waals surface area contributed by atoms with Gasteiger partial charge < -0.3 is 10.6 Å². The Labute approximate surface area is 463 Å². The van der Waals surface area contributed by atoms with Crippen molar-refractivity contribution in [1.82, 2.24) is 9.97 Å². The van der Waals surface area contributed by atoms with E-state index in [1.54, 1.807) is 0 Å². The first-order valence-electron chi connectivity index (χ1n) is 27.9. The summed E-state index contributed by atoms with van der Waals surface area (Å²) in [4.78, 5) is 11.1. The smallest absolute Gasteiger partial charge is 0.0952 e. The lowest BCUT2D eigenvalue weighted by molar-refractivity contribution is 0.749. The maximum absolute atomic E-state index is 5.62. The second-order valence-electron chi connectivity index (χ2n) is 21.6. The maximum Gasteiger partial charge on any atom is 0.0952 e. The van der Waals surface area contributed by atoms with Crippen molar-refractivity contribution in [2.45, 2.75) is 58.0 Å². The van der Waals surface area contributed by atoms with Gasteiger partial charge in [-0.1, -0.05) is 245 Å². The number of pyridine rings is 2. The van der Waals surface area contributed by atoms with Gasteiger partial charge in [-0.25, -0.2) is 0 Å². The molecule has 2 heterocycles. The van der Waals surface area contributed by atoms with Crippen molar-refractivity contribution in [2.24, 2.45) is 0 Å². The molecule has 382 valence electrons. The highest BCUT2D eigenvalue weighted by Gasteiger charge is 2.26. The molecule has 4 heteroatoms. The van der Waals surface area contributed by atoms with Crippen LogP contribution in [0.2, 0.25) is 0 Å². The first-order chi connectivity index (χ1) is 38.8. The summed E-state index contributed by atoms with van der Waals surface area (Å²) in [5.41, 5.74) is 15.8. The van der Waals surface area contributed by atoms with E-state index in [9.17, 15) is 0 Å². The lowest BCUT2D eigenvalue weighted by Gasteiger charge is -2.28. The normalized spacial score (nSPS) is 12.8. The van der Waals surface area contributed by atoms with Gasteiger partial charge in [0, 0.05) is 27.9 Å². The van der Waals surface area contributed by atoms with Crippen molar-refractivity contribution in [3.63, 3.8) is 0 Å². The largest absolute Gasteiger partial charge is 0.372 e. The number of nitrogens with one attached hydrogen (secondary N) is 2. The molecule has 0 aliphatic carbocycles. The third-order valence-corrected chi connectivity index (χ3v) is 16.2. The summed E-state index contributed by atoms with van der Waals surface area (Å²) in [7, 11) is 0. The Morgan fingerprint density at radius 3 is 1.53 bits per heavy atom. The van der Waals surface area contributed by atoms with Gasteiger partial charge in [0.1, 0.15) is 0 Å². The molecular formula is C75H62N4. The second-order valence-corrected chi connectivity index (χ2v) is 21.6. The topological polar surface area (TPSA) is 49.8 Å². The van der Waals surface area contributed by atoms with Crippen LogP contribution in [0.3, 0.4) is 0 Å². The highest BCUT2D eigenvalue weighted by Crippen LogP contribution is 2.43. The molecule has 79 heavy (non-hydrogen) atoms. The fraction of sp³-hybridized carbons (Fsp3) is 0.120. The number of para-hydroxylation sites is 1. The van der Waals surface area contributed by atoms with E-state index in [0.717, 1.165) is 46.0 Å². The molecule has 11 aromatic carbocycles. The van der Waals surface area contributed by atoms with Crippen molar-refractivity contribution in [3.05, 3.63) is 300 Å². The molecule has 0 fully saturated rings. The van der Waals surface area contributed by atoms with Gasteiger partial charge in [0.25, 0.3) is 0 Å². The van der Waals surface area contributed by atoms with Crippen LogP contribution >= 0.6 is 0 Å². The molecule has 13 aromatic rings. The van der Waals surface area contributed by atoms with E-state index in [-0.39, 0.29) is 23.9 Å². The van der Waals surface area contributed by atoms with Crippen LogP contribution in [0, 0.1) is 6.92 Å². The van der Waals surface area contributed by atoms with E-state index >= 15 is 0 Å². The standard InChI is InChI=1S/C75H62N4/c1-48(2)58-33-18-34-59(74(58)79-73(55-24-6-5-7-25-55)69-39-19-37-67(76-69)65-35-16-27-52-21-8-12-29-60(52)65)50(4)45-51-42-44-63-57(46-51)47-56-26-11-14-31-62(56)71(63)75(78-72-49(3)41-43-54-23-10-15-32-64(54)72)70-40-20-38-68(77-70)66-36-17-28-53-22-9-13-30-61(53)66/h5-44,46-48,50,73,75,78-79H,45H2,1-4H3. The van der Waals surface area contributed by atoms with Crippen LogP contribution in [0.25, 0.3) is 76.4 Å². The molecule has 0 saturated heterocycles. The molecule has 0 saturated carbocycles. The molecule has 2 N–H and O–H groups in total. The Bertz CT molecular complexity index is 4380. The van der Waals surface area contributed by atoms with Crippen LogP contribution in [-0.2, 0) is 6.42 Å². The molecule has 0 aliphatic heterocycles. The quantitative estimate of drug-likeness (QED) is 0.107. The predicted molar refractivity (Wildman–Crippen MR) is 335 cm³/mol. The Hall–Kier alpha value is -9.38. The molecule has 0 spiro atoms. The zero-order valence-corrected chi connectivity index (χ0v) is 45.2. The minimum atomic E-state index is -0.301. The van der Waals surface area contributed by atoms with Crippen molar-refractivity contribution in [3.8, 4) is 22.5 Å². The summed E-state index contributed by atoms with van der Waals surface area (Å²) < 4.78 is 0. The number of aryl methyl sites for hydroxylation is 1. The van der Waals surface area contributed by atoms with E-state index in [1.807, 2.05) is 0 Å². The number of fused-ring (bicyclic) bond motifs is 5. The summed E-state index contributed by atoms with van der Waals surface area (Å²) in [5, 5.41) is 20.4. The van der Waals surface area contributed by atoms with Gasteiger partial charge in [0.2, 0.25) is 0 Å². The summed E-state index contributed by atoms with van der Waals surface area (Å²) in [6.07, 6.45) is 0.852. The van der Waals surface area contributed by atoms with E-state index in [2.05, 4.69) is 293 Å². The lowest BCUT2D eigenvalue weighted by Crippen LogP contribution is -2.18. The lowest BCUT2D eigenvalue weighted by atomic mass is 9.86. The predicted octanol–water partition coefficient (Wildman–Crippen LogP) is 19.8. The van der Waals surface area contributed by atoms with Gasteiger partial charge >= 0.3 is 0 Å². The summed E-state index contributed by atoms with van der Waals surface area (Å²) >= 11 is 0. The average molecular weight is 1020 g/mol. The van der Waals surface area contributed by atoms with E-state index in [4.69, 9.17) is 9.97 Å². The number of nitrogens with zero attached hydrogens (tertiary/aromatic N) is 2. The summed E-state index contributed by atoms with van der Waals surface area (Å²) in [6, 6.07) is 92.0. The van der Waals surface area contributed by atoms with Crippen molar-refractivity contribution >= 4 is 65.2 Å². The van der Waals surface area contributed by atoms with Gasteiger partial charge in [0.15, 0.2) is 0 Å². The average Bonchev–Trinajstić information content (AvgIpc) is 3.69. The molecule has 2 aromatic heterocycles. The SMILES string of the molecule is Cc1ccc2ccccc2c1NC(c1cccc(-c2cccc3ccccc23)n1)c1c2ccccc2cc2cc(CC(C)c3cccc(C(C)C)c3NC(c3ccccc3)c3cccc(-c4cccc5ccccc45)n3)ccc12. The van der Waals surface area contributed by atoms with Crippen molar-refractivity contribution in [2.75, 3.05) is 10.6 Å². The fourth-order valence-corrected chi connectivity index (χ4v) is 12.3. The van der Waals surface area contributed by atoms with Gasteiger partial charge in [0.05, 0.1) is 34.9 Å². The van der Waals surface area contributed by atoms with E-state index in [0.29, 0.717) is 0 Å². The zero-order chi connectivity index (χ0) is 53.4. The minimum absolute atomic E-state index is 0.176. The Balaban J connectivity index is 0.907. The van der Waals surface area contributed by atoms with Crippen LogP contribution in [0.15, 0.2) is 255 Å². The van der Waals surface area contributed by atoms with Crippen molar-refractivity contribution in [1.29, 1.82) is 0 Å². The van der Waals surface area contributed by atoms with Crippen molar-refractivity contribution < 1.29 is 0 Å². The van der Waals surface area contributed by atoms with Gasteiger partial charge in [-0.15, -0.1) is 0 Å². The Morgan fingerprint density at radius 2 is 0.873 bits per heavy atom. The summed E-state index contributed by atoms with van der Waals surface area (Å²) in [6.45, 7) is 9.20. The highest BCUT2D eigenvalue weighted by atomic mass is 15.0. The Kier molecular flexibility index (Phi) is 13.2. The number of anilines is 2. The van der Waals surface area contributed by atoms with Crippen LogP contribution in [-0.4, -0.2) is 9.97 Å². The first-order valence-corrected chi connectivity index (χ1v) is 27.9. The molecule has 0 radical (unpaired) electrons. The third kappa shape index (κ3) is 9.55. The fourth-order valence-electron chi connectivity index (χ4n) is 12.3. The molecule has 3 unspecified atom stereocenters. The van der Waals surface area contributed by atoms with E-state index in [1.165, 1.54) is 92.9 Å². The molecule has 0 amide bonds. The highest BCUT2D eigenvalue weighted by molar-refractivity contribution is 6.05. The summed E-state index contributed by atoms with van der Waals surface area (Å²) in [5.74, 6) is 0.463. The molecular weight excluding hydrogens is 957 g/mol. The number of hydrogen-bond donors (Lipinski definition) is 2. The molecule has 0 bridgehead atoms. The van der Waals surface area contributed by atoms with Crippen LogP contribution in [0.5, 0.6) is 0 Å². The number of benzene rings is 11. The number of rotatable bonds is 14. The number of hydrogen-bond acceptors (Lipinski definition) is 4. The monoisotopic (exact) mass is 1020 g/mol. The van der Waals surface area contributed by atoms with Gasteiger partial charge in [-0.05, 0) is 137 Å². The molecule has 13 rings (SSSR count). The Morgan fingerprint density at radius 1 is 0.367 bits per heavy atom. The minimum Gasteiger partial charge on any atom is -0.372 e. The molecule has 0 aliphatic rings. The second kappa shape index (κ2) is 21.2. The first kappa shape index (κ1) is 49.2. The van der Waals surface area contributed by atoms with Crippen LogP contribution < -0.4 is 10.6 Å². The van der Waals surface area contributed by atoms with Crippen LogP contribution in [0.1, 0.15) is 89.5 Å². The van der Waals surface area contributed by atoms with Gasteiger partial charge in [-0.3, -0.25) is 9.97 Å². The number of aromatic nitrogens is 2. The van der Waals surface area contributed by atoms with E-state index < -0.39 is 0 Å². The maximum atomic E-state index is 5.62. The molecule has 4 nitrogen and oxygen atoms in total. The zero-order valence-electron chi connectivity index (χ0n) is 45.2. The third-order valence-electron chi connectivity index (χ3n) is 16.2. The van der Waals surface area contributed by atoms with Crippen LogP contribution in [0.4, 0.5) is 11.4 Å². The molecule has 3 atom stereocenters.